The molecule has 0 radical (unpaired) electrons. The molecule has 0 heterocycles. The summed E-state index contributed by atoms with van der Waals surface area (Å²) >= 11 is 0. The molecule has 0 aromatic heterocycles. The van der Waals surface area contributed by atoms with Crippen LogP contribution in [0, 0.1) is 0 Å². The van der Waals surface area contributed by atoms with E-state index in [1.54, 1.807) is 26.0 Å². The van der Waals surface area contributed by atoms with Crippen molar-refractivity contribution in [2.45, 2.75) is 26.1 Å². The Morgan fingerprint density at radius 2 is 1.93 bits per heavy atom. The first-order valence-corrected chi connectivity index (χ1v) is 6.08. The molecule has 0 amide bonds. The average Bonchev–Trinajstić information content (AvgIpc) is 2.16. The summed E-state index contributed by atoms with van der Waals surface area (Å²) in [4.78, 5) is 0. The average molecular weight is 216 g/mol. The minimum absolute atomic E-state index is 0.0623. The van der Waals surface area contributed by atoms with Crippen LogP contribution in [0.5, 0.6) is 0 Å². The maximum absolute atomic E-state index is 13.2. The minimum Gasteiger partial charge on any atom is -0.301 e. The SMILES string of the molecule is CC(C)P(=O)(F)OCc1ccccc1. The number of halogens is 1. The topological polar surface area (TPSA) is 26.3 Å². The highest BCUT2D eigenvalue weighted by Crippen LogP contribution is 2.53. The molecule has 0 aliphatic heterocycles. The smallest absolute Gasteiger partial charge is 0.301 e. The van der Waals surface area contributed by atoms with Crippen molar-refractivity contribution in [2.75, 3.05) is 0 Å². The van der Waals surface area contributed by atoms with Gasteiger partial charge in [-0.15, -0.1) is 0 Å². The fraction of sp³-hybridized carbons (Fsp3) is 0.400. The van der Waals surface area contributed by atoms with E-state index in [9.17, 15) is 8.76 Å². The van der Waals surface area contributed by atoms with E-state index < -0.39 is 13.3 Å². The highest BCUT2D eigenvalue weighted by atomic mass is 31.2. The number of benzene rings is 1. The van der Waals surface area contributed by atoms with E-state index >= 15 is 0 Å². The second kappa shape index (κ2) is 4.72. The van der Waals surface area contributed by atoms with Crippen LogP contribution in [-0.2, 0) is 15.7 Å². The van der Waals surface area contributed by atoms with E-state index in [4.69, 9.17) is 4.52 Å². The summed E-state index contributed by atoms with van der Waals surface area (Å²) in [5, 5.41) is 0. The summed E-state index contributed by atoms with van der Waals surface area (Å²) < 4.78 is 29.2. The van der Waals surface area contributed by atoms with E-state index in [0.717, 1.165) is 5.56 Å². The predicted octanol–water partition coefficient (Wildman–Crippen LogP) is 3.77. The van der Waals surface area contributed by atoms with E-state index in [1.165, 1.54) is 0 Å². The van der Waals surface area contributed by atoms with E-state index in [2.05, 4.69) is 0 Å². The molecule has 78 valence electrons. The summed E-state index contributed by atoms with van der Waals surface area (Å²) in [6.07, 6.45) is 0. The van der Waals surface area contributed by atoms with Gasteiger partial charge in [-0.3, -0.25) is 4.57 Å². The number of rotatable bonds is 4. The molecule has 0 N–H and O–H groups in total. The van der Waals surface area contributed by atoms with Crippen LogP contribution in [0.3, 0.4) is 0 Å². The van der Waals surface area contributed by atoms with Gasteiger partial charge in [0.2, 0.25) is 0 Å². The minimum atomic E-state index is -3.93. The van der Waals surface area contributed by atoms with Crippen LogP contribution < -0.4 is 0 Å². The van der Waals surface area contributed by atoms with Crippen molar-refractivity contribution in [3.63, 3.8) is 0 Å². The zero-order valence-corrected chi connectivity index (χ0v) is 9.21. The van der Waals surface area contributed by atoms with Crippen LogP contribution in [0.1, 0.15) is 19.4 Å². The number of hydrogen-bond donors (Lipinski definition) is 0. The molecular formula is C10H14FO2P. The Labute approximate surface area is 83.7 Å². The molecule has 0 aliphatic rings. The van der Waals surface area contributed by atoms with Crippen LogP contribution in [0.4, 0.5) is 4.20 Å². The van der Waals surface area contributed by atoms with E-state index in [0.29, 0.717) is 0 Å². The molecule has 0 fully saturated rings. The summed E-state index contributed by atoms with van der Waals surface area (Å²) in [5.41, 5.74) is 0.247. The molecule has 0 saturated heterocycles. The molecule has 1 atom stereocenters. The zero-order chi connectivity index (χ0) is 10.6. The molecule has 14 heavy (non-hydrogen) atoms. The molecular weight excluding hydrogens is 202 g/mol. The van der Waals surface area contributed by atoms with Crippen LogP contribution in [0.15, 0.2) is 30.3 Å². The monoisotopic (exact) mass is 216 g/mol. The lowest BCUT2D eigenvalue weighted by Crippen LogP contribution is -1.98. The third-order valence-electron chi connectivity index (χ3n) is 1.87. The Balaban J connectivity index is 2.54. The van der Waals surface area contributed by atoms with Crippen molar-refractivity contribution in [3.8, 4) is 0 Å². The highest BCUT2D eigenvalue weighted by molar-refractivity contribution is 7.54. The Hall–Kier alpha value is -0.660. The molecule has 0 aliphatic carbocycles. The van der Waals surface area contributed by atoms with Gasteiger partial charge in [0.25, 0.3) is 0 Å². The van der Waals surface area contributed by atoms with Crippen LogP contribution >= 0.6 is 7.68 Å². The fourth-order valence-corrected chi connectivity index (χ4v) is 1.51. The lowest BCUT2D eigenvalue weighted by Gasteiger charge is -2.12. The predicted molar refractivity (Wildman–Crippen MR) is 55.1 cm³/mol. The molecule has 1 unspecified atom stereocenters. The quantitative estimate of drug-likeness (QED) is 0.716. The van der Waals surface area contributed by atoms with Gasteiger partial charge in [0.1, 0.15) is 0 Å². The molecule has 0 spiro atoms. The highest BCUT2D eigenvalue weighted by Gasteiger charge is 2.26. The van der Waals surface area contributed by atoms with Gasteiger partial charge in [0.05, 0.1) is 12.3 Å². The van der Waals surface area contributed by atoms with Gasteiger partial charge in [-0.2, -0.15) is 4.20 Å². The third kappa shape index (κ3) is 3.24. The molecule has 1 aromatic carbocycles. The van der Waals surface area contributed by atoms with Gasteiger partial charge in [-0.1, -0.05) is 44.2 Å². The standard InChI is InChI=1S/C10H14FO2P/c1-9(2)14(11,12)13-8-10-6-4-3-5-7-10/h3-7,9H,8H2,1-2H3. The van der Waals surface area contributed by atoms with Crippen LogP contribution in [-0.4, -0.2) is 5.66 Å². The first-order chi connectivity index (χ1) is 6.52. The van der Waals surface area contributed by atoms with Crippen molar-refractivity contribution in [3.05, 3.63) is 35.9 Å². The Morgan fingerprint density at radius 3 is 2.43 bits per heavy atom. The van der Waals surface area contributed by atoms with Gasteiger partial charge in [0, 0.05) is 0 Å². The van der Waals surface area contributed by atoms with Gasteiger partial charge >= 0.3 is 7.68 Å². The number of hydrogen-bond acceptors (Lipinski definition) is 2. The normalized spacial score (nSPS) is 15.4. The van der Waals surface area contributed by atoms with Crippen LogP contribution in [0.2, 0.25) is 0 Å². The summed E-state index contributed by atoms with van der Waals surface area (Å²) in [6.45, 7) is 3.16. The molecule has 1 rings (SSSR count). The van der Waals surface area contributed by atoms with Crippen molar-refractivity contribution < 1.29 is 13.3 Å². The molecule has 1 aromatic rings. The Kier molecular flexibility index (Phi) is 3.85. The first-order valence-electron chi connectivity index (χ1n) is 4.50. The van der Waals surface area contributed by atoms with Gasteiger partial charge in [-0.05, 0) is 5.56 Å². The summed E-state index contributed by atoms with van der Waals surface area (Å²) in [7, 11) is -3.93. The van der Waals surface area contributed by atoms with Crippen molar-refractivity contribution in [2.24, 2.45) is 0 Å². The molecule has 0 bridgehead atoms. The fourth-order valence-electron chi connectivity index (χ4n) is 0.886. The zero-order valence-electron chi connectivity index (χ0n) is 8.31. The van der Waals surface area contributed by atoms with Crippen LogP contribution in [0.25, 0.3) is 0 Å². The largest absolute Gasteiger partial charge is 0.370 e. The maximum atomic E-state index is 13.2. The Bertz CT molecular complexity index is 324. The Morgan fingerprint density at radius 1 is 1.36 bits per heavy atom. The van der Waals surface area contributed by atoms with Crippen molar-refractivity contribution in [1.29, 1.82) is 0 Å². The molecule has 4 heteroatoms. The van der Waals surface area contributed by atoms with Crippen molar-refractivity contribution >= 4 is 7.68 Å². The molecule has 2 nitrogen and oxygen atoms in total. The van der Waals surface area contributed by atoms with Gasteiger partial charge < -0.3 is 4.52 Å². The van der Waals surface area contributed by atoms with E-state index in [1.807, 2.05) is 18.2 Å². The summed E-state index contributed by atoms with van der Waals surface area (Å²) in [5.74, 6) is 0. The second-order valence-electron chi connectivity index (χ2n) is 3.37. The molecule has 0 saturated carbocycles. The maximum Gasteiger partial charge on any atom is 0.370 e. The van der Waals surface area contributed by atoms with E-state index in [-0.39, 0.29) is 6.61 Å². The first kappa shape index (κ1) is 11.4. The van der Waals surface area contributed by atoms with Gasteiger partial charge in [-0.25, -0.2) is 0 Å². The second-order valence-corrected chi connectivity index (χ2v) is 5.71. The van der Waals surface area contributed by atoms with Gasteiger partial charge in [0.15, 0.2) is 0 Å². The van der Waals surface area contributed by atoms with Crippen molar-refractivity contribution in [1.82, 2.24) is 0 Å². The lowest BCUT2D eigenvalue weighted by molar-refractivity contribution is 0.271. The third-order valence-corrected chi connectivity index (χ3v) is 3.58. The lowest BCUT2D eigenvalue weighted by atomic mass is 10.2. The summed E-state index contributed by atoms with van der Waals surface area (Å²) in [6, 6.07) is 9.14.